The number of nitrogens with zero attached hydrogens (tertiary/aromatic N) is 2. The second-order valence-electron chi connectivity index (χ2n) is 6.68. The van der Waals surface area contributed by atoms with Crippen molar-refractivity contribution in [3.63, 3.8) is 0 Å². The minimum atomic E-state index is -0.593. The molecule has 2 heterocycles. The number of aromatic nitrogens is 1. The highest BCUT2D eigenvalue weighted by atomic mass is 19.1. The molecule has 148 valence electrons. The number of benzene rings is 2. The number of nitrogens with one attached hydrogen (secondary N) is 1. The van der Waals surface area contributed by atoms with Crippen LogP contribution in [0, 0.1) is 17.5 Å². The smallest absolute Gasteiger partial charge is 0.322 e. The van der Waals surface area contributed by atoms with Gasteiger partial charge in [0.1, 0.15) is 17.5 Å². The van der Waals surface area contributed by atoms with Crippen LogP contribution in [-0.2, 0) is 6.54 Å². The van der Waals surface area contributed by atoms with Gasteiger partial charge in [-0.2, -0.15) is 0 Å². The fourth-order valence-corrected chi connectivity index (χ4v) is 3.33. The van der Waals surface area contributed by atoms with E-state index in [4.69, 9.17) is 0 Å². The van der Waals surface area contributed by atoms with Crippen LogP contribution in [0.5, 0.6) is 0 Å². The first kappa shape index (κ1) is 18.8. The van der Waals surface area contributed by atoms with Gasteiger partial charge in [-0.05, 0) is 42.5 Å². The standard InChI is InChI=1S/C21H16F3N3O2/c22-14-4-7-17(23)13(10-14)12-26-8-9-27(21(26)29)15-5-6-16(18(24)11-15)19-2-1-3-20(28)25-19/h1-7,10-11H,8-9,12H2,(H,25,28). The van der Waals surface area contributed by atoms with E-state index in [0.29, 0.717) is 17.9 Å². The van der Waals surface area contributed by atoms with E-state index in [2.05, 4.69) is 4.98 Å². The number of anilines is 1. The summed E-state index contributed by atoms with van der Waals surface area (Å²) >= 11 is 0. The van der Waals surface area contributed by atoms with E-state index in [1.165, 1.54) is 34.1 Å². The van der Waals surface area contributed by atoms with Crippen molar-refractivity contribution < 1.29 is 18.0 Å². The Labute approximate surface area is 164 Å². The zero-order chi connectivity index (χ0) is 20.5. The molecule has 0 bridgehead atoms. The van der Waals surface area contributed by atoms with Crippen LogP contribution in [0.1, 0.15) is 5.56 Å². The molecule has 0 saturated carbocycles. The Bertz CT molecular complexity index is 1150. The topological polar surface area (TPSA) is 56.4 Å². The van der Waals surface area contributed by atoms with Crippen LogP contribution >= 0.6 is 0 Å². The lowest BCUT2D eigenvalue weighted by atomic mass is 10.1. The van der Waals surface area contributed by atoms with Gasteiger partial charge in [0.15, 0.2) is 0 Å². The number of hydrogen-bond donors (Lipinski definition) is 1. The van der Waals surface area contributed by atoms with Crippen molar-refractivity contribution in [2.24, 2.45) is 0 Å². The van der Waals surface area contributed by atoms with E-state index in [0.717, 1.165) is 18.2 Å². The van der Waals surface area contributed by atoms with Gasteiger partial charge in [0.2, 0.25) is 5.56 Å². The van der Waals surface area contributed by atoms with Gasteiger partial charge >= 0.3 is 6.03 Å². The van der Waals surface area contributed by atoms with Crippen molar-refractivity contribution in [1.82, 2.24) is 9.88 Å². The maximum Gasteiger partial charge on any atom is 0.324 e. The SMILES string of the molecule is O=C1N(Cc2cc(F)ccc2F)CCN1c1ccc(-c2cccc(=O)[nH]2)c(F)c1. The highest BCUT2D eigenvalue weighted by molar-refractivity contribution is 5.94. The molecule has 0 atom stereocenters. The van der Waals surface area contributed by atoms with Gasteiger partial charge in [0.05, 0.1) is 12.2 Å². The zero-order valence-electron chi connectivity index (χ0n) is 15.2. The van der Waals surface area contributed by atoms with Crippen molar-refractivity contribution >= 4 is 11.7 Å². The molecule has 5 nitrogen and oxygen atoms in total. The van der Waals surface area contributed by atoms with Crippen LogP contribution in [0.4, 0.5) is 23.7 Å². The molecule has 4 rings (SSSR count). The average molecular weight is 399 g/mol. The molecule has 2 aromatic carbocycles. The molecule has 1 saturated heterocycles. The molecule has 0 unspecified atom stereocenters. The Hall–Kier alpha value is -3.55. The van der Waals surface area contributed by atoms with Gasteiger partial charge in [-0.25, -0.2) is 18.0 Å². The summed E-state index contributed by atoms with van der Waals surface area (Å²) in [4.78, 5) is 29.4. The fourth-order valence-electron chi connectivity index (χ4n) is 3.33. The van der Waals surface area contributed by atoms with Crippen LogP contribution in [0.3, 0.4) is 0 Å². The van der Waals surface area contributed by atoms with Crippen molar-refractivity contribution in [2.45, 2.75) is 6.54 Å². The van der Waals surface area contributed by atoms with E-state index < -0.39 is 23.5 Å². The largest absolute Gasteiger partial charge is 0.324 e. The quantitative estimate of drug-likeness (QED) is 0.724. The number of halogens is 3. The zero-order valence-corrected chi connectivity index (χ0v) is 15.2. The molecule has 29 heavy (non-hydrogen) atoms. The number of pyridine rings is 1. The van der Waals surface area contributed by atoms with E-state index in [1.54, 1.807) is 12.1 Å². The molecule has 0 aliphatic carbocycles. The van der Waals surface area contributed by atoms with Crippen LogP contribution in [0.25, 0.3) is 11.3 Å². The second kappa shape index (κ2) is 7.46. The number of carbonyl (C=O) groups excluding carboxylic acids is 1. The third kappa shape index (κ3) is 3.73. The molecular weight excluding hydrogens is 383 g/mol. The van der Waals surface area contributed by atoms with Gasteiger partial charge < -0.3 is 9.88 Å². The highest BCUT2D eigenvalue weighted by Gasteiger charge is 2.30. The summed E-state index contributed by atoms with van der Waals surface area (Å²) in [6, 6.07) is 11.4. The number of rotatable bonds is 4. The van der Waals surface area contributed by atoms with Gasteiger partial charge in [-0.15, -0.1) is 0 Å². The molecule has 1 aliphatic rings. The lowest BCUT2D eigenvalue weighted by Gasteiger charge is -2.19. The lowest BCUT2D eigenvalue weighted by molar-refractivity contribution is 0.218. The summed E-state index contributed by atoms with van der Waals surface area (Å²) in [5.41, 5.74) is 0.613. The summed E-state index contributed by atoms with van der Waals surface area (Å²) in [6.07, 6.45) is 0. The van der Waals surface area contributed by atoms with Gasteiger partial charge in [0.25, 0.3) is 0 Å². The number of aromatic amines is 1. The highest BCUT2D eigenvalue weighted by Crippen LogP contribution is 2.28. The van der Waals surface area contributed by atoms with Crippen molar-refractivity contribution in [1.29, 1.82) is 0 Å². The first-order chi connectivity index (χ1) is 13.9. The van der Waals surface area contributed by atoms with Crippen LogP contribution < -0.4 is 10.5 Å². The molecular formula is C21H16F3N3O2. The van der Waals surface area contributed by atoms with Crippen LogP contribution in [-0.4, -0.2) is 29.0 Å². The monoisotopic (exact) mass is 399 g/mol. The van der Waals surface area contributed by atoms with E-state index >= 15 is 0 Å². The predicted octanol–water partition coefficient (Wildman–Crippen LogP) is 3.90. The first-order valence-electron chi connectivity index (χ1n) is 8.92. The van der Waals surface area contributed by atoms with Gasteiger partial charge in [-0.3, -0.25) is 9.69 Å². The summed E-state index contributed by atoms with van der Waals surface area (Å²) < 4.78 is 41.9. The van der Waals surface area contributed by atoms with Crippen LogP contribution in [0.2, 0.25) is 0 Å². The fraction of sp³-hybridized carbons (Fsp3) is 0.143. The van der Waals surface area contributed by atoms with E-state index in [-0.39, 0.29) is 29.8 Å². The Balaban J connectivity index is 1.55. The molecule has 1 aliphatic heterocycles. The average Bonchev–Trinajstić information content (AvgIpc) is 3.05. The molecule has 2 amide bonds. The van der Waals surface area contributed by atoms with Crippen molar-refractivity contribution in [3.8, 4) is 11.3 Å². The molecule has 0 spiro atoms. The maximum absolute atomic E-state index is 14.6. The molecule has 1 N–H and O–H groups in total. The van der Waals surface area contributed by atoms with Crippen molar-refractivity contribution in [3.05, 3.63) is 88.0 Å². The summed E-state index contributed by atoms with van der Waals surface area (Å²) in [5.74, 6) is -1.77. The van der Waals surface area contributed by atoms with Gasteiger partial charge in [0, 0.05) is 36.0 Å². The number of carbonyl (C=O) groups is 1. The minimum Gasteiger partial charge on any atom is -0.322 e. The Morgan fingerprint density at radius 3 is 2.48 bits per heavy atom. The predicted molar refractivity (Wildman–Crippen MR) is 102 cm³/mol. The maximum atomic E-state index is 14.6. The number of H-pyrrole nitrogens is 1. The normalized spacial score (nSPS) is 14.0. The van der Waals surface area contributed by atoms with Gasteiger partial charge in [-0.1, -0.05) is 6.07 Å². The summed E-state index contributed by atoms with van der Waals surface area (Å²) in [7, 11) is 0. The lowest BCUT2D eigenvalue weighted by Crippen LogP contribution is -2.31. The van der Waals surface area contributed by atoms with E-state index in [9.17, 15) is 22.8 Å². The van der Waals surface area contributed by atoms with Crippen molar-refractivity contribution in [2.75, 3.05) is 18.0 Å². The molecule has 1 aromatic heterocycles. The third-order valence-corrected chi connectivity index (χ3v) is 4.79. The Kier molecular flexibility index (Phi) is 4.84. The minimum absolute atomic E-state index is 0.0785. The number of amides is 2. The summed E-state index contributed by atoms with van der Waals surface area (Å²) in [5, 5.41) is 0. The Morgan fingerprint density at radius 2 is 1.72 bits per heavy atom. The molecule has 0 radical (unpaired) electrons. The van der Waals surface area contributed by atoms with E-state index in [1.807, 2.05) is 0 Å². The van der Waals surface area contributed by atoms with Crippen LogP contribution in [0.15, 0.2) is 59.4 Å². The second-order valence-corrected chi connectivity index (χ2v) is 6.68. The number of hydrogen-bond acceptors (Lipinski definition) is 2. The molecule has 3 aromatic rings. The molecule has 1 fully saturated rings. The summed E-state index contributed by atoms with van der Waals surface area (Å²) in [6.45, 7) is 0.506. The first-order valence-corrected chi connectivity index (χ1v) is 8.92. The molecule has 8 heteroatoms. The number of urea groups is 1. The Morgan fingerprint density at radius 1 is 0.897 bits per heavy atom. The third-order valence-electron chi connectivity index (χ3n) is 4.79.